The zero-order chi connectivity index (χ0) is 26.3. The summed E-state index contributed by atoms with van der Waals surface area (Å²) in [5, 5.41) is 3.05. The minimum atomic E-state index is -0.117. The van der Waals surface area contributed by atoms with Gasteiger partial charge in [0.15, 0.2) is 0 Å². The Morgan fingerprint density at radius 3 is 2.63 bits per heavy atom. The molecule has 7 heteroatoms. The van der Waals surface area contributed by atoms with Gasteiger partial charge in [-0.3, -0.25) is 14.5 Å². The molecule has 0 atom stereocenters. The third-order valence-corrected chi connectivity index (χ3v) is 7.83. The number of fused-ring (bicyclic) bond motifs is 1. The maximum Gasteiger partial charge on any atom is 0.265 e. The van der Waals surface area contributed by atoms with Gasteiger partial charge < -0.3 is 15.0 Å². The molecule has 196 valence electrons. The van der Waals surface area contributed by atoms with Crippen LogP contribution in [0, 0.1) is 6.92 Å². The molecule has 0 spiro atoms. The van der Waals surface area contributed by atoms with Gasteiger partial charge in [-0.05, 0) is 55.3 Å². The van der Waals surface area contributed by atoms with Crippen LogP contribution in [0.4, 0.5) is 5.69 Å². The van der Waals surface area contributed by atoms with Gasteiger partial charge in [0.1, 0.15) is 0 Å². The molecule has 0 aromatic heterocycles. The van der Waals surface area contributed by atoms with Gasteiger partial charge >= 0.3 is 0 Å². The second-order valence-electron chi connectivity index (χ2n) is 9.65. The Bertz CT molecular complexity index is 1320. The van der Waals surface area contributed by atoms with E-state index in [9.17, 15) is 9.59 Å². The van der Waals surface area contributed by atoms with Crippen molar-refractivity contribution in [3.8, 4) is 0 Å². The molecule has 2 amide bonds. The number of anilines is 1. The highest BCUT2D eigenvalue weighted by molar-refractivity contribution is 8.04. The fraction of sp³-hybridized carbons (Fsp3) is 0.290. The number of nitrogens with one attached hydrogen (secondary N) is 1. The number of carbonyl (C=O) groups excluding carboxylic acids is 2. The molecule has 0 bridgehead atoms. The first-order chi connectivity index (χ1) is 18.6. The quantitative estimate of drug-likeness (QED) is 0.325. The lowest BCUT2D eigenvalue weighted by Crippen LogP contribution is -2.38. The van der Waals surface area contributed by atoms with Crippen LogP contribution in [-0.4, -0.2) is 56.1 Å². The smallest absolute Gasteiger partial charge is 0.265 e. The topological polar surface area (TPSA) is 61.9 Å². The molecule has 2 heterocycles. The number of ether oxygens (including phenoxy) is 1. The van der Waals surface area contributed by atoms with Crippen LogP contribution in [0.1, 0.15) is 33.5 Å². The first kappa shape index (κ1) is 26.2. The van der Waals surface area contributed by atoms with E-state index in [-0.39, 0.29) is 11.8 Å². The van der Waals surface area contributed by atoms with Crippen molar-refractivity contribution in [3.63, 3.8) is 0 Å². The van der Waals surface area contributed by atoms with Crippen molar-refractivity contribution >= 4 is 35.3 Å². The van der Waals surface area contributed by atoms with Gasteiger partial charge in [-0.1, -0.05) is 71.9 Å². The molecule has 1 N–H and O–H groups in total. The number of benzene rings is 3. The number of amides is 2. The summed E-state index contributed by atoms with van der Waals surface area (Å²) in [6, 6.07) is 23.7. The van der Waals surface area contributed by atoms with E-state index < -0.39 is 0 Å². The third kappa shape index (κ3) is 6.54. The van der Waals surface area contributed by atoms with Crippen LogP contribution in [0.2, 0.25) is 0 Å². The van der Waals surface area contributed by atoms with Crippen LogP contribution in [-0.2, 0) is 16.1 Å². The lowest BCUT2D eigenvalue weighted by Gasteiger charge is -2.31. The molecule has 5 rings (SSSR count). The van der Waals surface area contributed by atoms with E-state index in [1.807, 2.05) is 79.7 Å². The van der Waals surface area contributed by atoms with Crippen molar-refractivity contribution in [2.24, 2.45) is 0 Å². The Kier molecular flexibility index (Phi) is 8.58. The van der Waals surface area contributed by atoms with Crippen LogP contribution in [0.3, 0.4) is 0 Å². The van der Waals surface area contributed by atoms with Gasteiger partial charge in [0.2, 0.25) is 0 Å². The number of nitrogens with zero attached hydrogens (tertiary/aromatic N) is 2. The van der Waals surface area contributed by atoms with Crippen molar-refractivity contribution in [1.29, 1.82) is 0 Å². The summed E-state index contributed by atoms with van der Waals surface area (Å²) in [6.45, 7) is 7.49. The van der Waals surface area contributed by atoms with E-state index in [4.69, 9.17) is 4.74 Å². The summed E-state index contributed by atoms with van der Waals surface area (Å²) in [4.78, 5) is 32.5. The molecule has 2 aliphatic heterocycles. The molecular formula is C31H33N3O3S. The number of rotatable bonds is 8. The van der Waals surface area contributed by atoms with E-state index in [0.717, 1.165) is 66.5 Å². The van der Waals surface area contributed by atoms with Crippen molar-refractivity contribution in [3.05, 3.63) is 100.0 Å². The second kappa shape index (κ2) is 12.4. The fourth-order valence-corrected chi connectivity index (χ4v) is 5.77. The van der Waals surface area contributed by atoms with E-state index in [1.54, 1.807) is 4.90 Å². The first-order valence-corrected chi connectivity index (χ1v) is 13.9. The highest BCUT2D eigenvalue weighted by Crippen LogP contribution is 2.43. The van der Waals surface area contributed by atoms with E-state index in [0.29, 0.717) is 23.6 Å². The van der Waals surface area contributed by atoms with Crippen LogP contribution in [0.15, 0.2) is 82.6 Å². The molecule has 1 saturated heterocycles. The highest BCUT2D eigenvalue weighted by atomic mass is 32.2. The molecule has 3 aromatic rings. The standard InChI is InChI=1S/C31H33N3O3S/c1-23-7-5-10-25(19-23)22-34-27-21-26(30(35)32-13-6-14-33-15-17-37-18-16-33)11-12-28(27)38-29(31(34)36)20-24-8-3-2-4-9-24/h2-5,7-12,19-21H,6,13-18,22H2,1H3,(H,32,35)/b29-20-. The summed E-state index contributed by atoms with van der Waals surface area (Å²) in [5.41, 5.74) is 4.51. The number of hydrogen-bond donors (Lipinski definition) is 1. The van der Waals surface area contributed by atoms with Crippen LogP contribution in [0.25, 0.3) is 6.08 Å². The Labute approximate surface area is 228 Å². The molecule has 0 unspecified atom stereocenters. The average Bonchev–Trinajstić information content (AvgIpc) is 2.94. The summed E-state index contributed by atoms with van der Waals surface area (Å²) in [7, 11) is 0. The Morgan fingerprint density at radius 1 is 1.03 bits per heavy atom. The van der Waals surface area contributed by atoms with Crippen molar-refractivity contribution in [2.75, 3.05) is 44.3 Å². The van der Waals surface area contributed by atoms with Crippen LogP contribution in [0.5, 0.6) is 0 Å². The predicted molar refractivity (Wildman–Crippen MR) is 153 cm³/mol. The largest absolute Gasteiger partial charge is 0.379 e. The van der Waals surface area contributed by atoms with Crippen molar-refractivity contribution in [1.82, 2.24) is 10.2 Å². The number of morpholine rings is 1. The van der Waals surface area contributed by atoms with Gasteiger partial charge in [-0.15, -0.1) is 0 Å². The fourth-order valence-electron chi connectivity index (χ4n) is 4.73. The lowest BCUT2D eigenvalue weighted by molar-refractivity contribution is -0.114. The number of aryl methyl sites for hydroxylation is 1. The van der Waals surface area contributed by atoms with Crippen molar-refractivity contribution < 1.29 is 14.3 Å². The van der Waals surface area contributed by atoms with E-state index >= 15 is 0 Å². The second-order valence-corrected chi connectivity index (χ2v) is 10.7. The molecule has 0 aliphatic carbocycles. The summed E-state index contributed by atoms with van der Waals surface area (Å²) < 4.78 is 5.40. The minimum absolute atomic E-state index is 0.0593. The maximum absolute atomic E-state index is 13.7. The van der Waals surface area contributed by atoms with E-state index in [1.165, 1.54) is 11.8 Å². The average molecular weight is 528 g/mol. The predicted octanol–water partition coefficient (Wildman–Crippen LogP) is 5.13. The maximum atomic E-state index is 13.7. The summed E-state index contributed by atoms with van der Waals surface area (Å²) >= 11 is 1.46. The monoisotopic (exact) mass is 527 g/mol. The third-order valence-electron chi connectivity index (χ3n) is 6.75. The number of carbonyl (C=O) groups is 2. The van der Waals surface area contributed by atoms with Crippen LogP contribution >= 0.6 is 11.8 Å². The zero-order valence-corrected chi connectivity index (χ0v) is 22.5. The SMILES string of the molecule is Cc1cccc(CN2C(=O)/C(=C/c3ccccc3)Sc3ccc(C(=O)NCCCN4CCOCC4)cc32)c1. The molecular weight excluding hydrogens is 494 g/mol. The van der Waals surface area contributed by atoms with Gasteiger partial charge in [0.25, 0.3) is 11.8 Å². The zero-order valence-electron chi connectivity index (χ0n) is 21.7. The lowest BCUT2D eigenvalue weighted by atomic mass is 10.1. The molecule has 6 nitrogen and oxygen atoms in total. The van der Waals surface area contributed by atoms with E-state index in [2.05, 4.69) is 16.3 Å². The number of thioether (sulfide) groups is 1. The summed E-state index contributed by atoms with van der Waals surface area (Å²) in [5.74, 6) is -0.177. The summed E-state index contributed by atoms with van der Waals surface area (Å²) in [6.07, 6.45) is 2.83. The highest BCUT2D eigenvalue weighted by Gasteiger charge is 2.30. The molecule has 0 saturated carbocycles. The van der Waals surface area contributed by atoms with Crippen LogP contribution < -0.4 is 10.2 Å². The molecule has 3 aromatic carbocycles. The minimum Gasteiger partial charge on any atom is -0.379 e. The molecule has 0 radical (unpaired) electrons. The normalized spacial score (nSPS) is 16.9. The first-order valence-electron chi connectivity index (χ1n) is 13.1. The Morgan fingerprint density at radius 2 is 1.84 bits per heavy atom. The van der Waals surface area contributed by atoms with Gasteiger partial charge in [-0.25, -0.2) is 0 Å². The van der Waals surface area contributed by atoms with Gasteiger partial charge in [0.05, 0.1) is 30.4 Å². The molecule has 38 heavy (non-hydrogen) atoms. The molecule has 2 aliphatic rings. The van der Waals surface area contributed by atoms with Crippen molar-refractivity contribution in [2.45, 2.75) is 24.8 Å². The Hall–Kier alpha value is -3.39. The molecule has 1 fully saturated rings. The van der Waals surface area contributed by atoms with Gasteiger partial charge in [0, 0.05) is 30.1 Å². The Balaban J connectivity index is 1.35. The number of hydrogen-bond acceptors (Lipinski definition) is 5. The van der Waals surface area contributed by atoms with Gasteiger partial charge in [-0.2, -0.15) is 0 Å².